The van der Waals surface area contributed by atoms with Crippen LogP contribution in [0, 0.1) is 5.92 Å². The standard InChI is InChI=1S/C17H19Cl2N3O/c1-11(2)3-5-20-16-7-12(4-6-21-16)17(23)22-15-9-13(18)8-14(19)10-15/h4,6-11H,3,5H2,1-2H3,(H,20,21)(H,22,23). The molecular weight excluding hydrogens is 333 g/mol. The van der Waals surface area contributed by atoms with Crippen molar-refractivity contribution in [1.82, 2.24) is 4.98 Å². The van der Waals surface area contributed by atoms with Gasteiger partial charge in [0.15, 0.2) is 0 Å². The Bertz CT molecular complexity index is 669. The van der Waals surface area contributed by atoms with Crippen molar-refractivity contribution in [2.75, 3.05) is 17.2 Å². The summed E-state index contributed by atoms with van der Waals surface area (Å²) in [5, 5.41) is 6.94. The predicted molar refractivity (Wildman–Crippen MR) is 96.6 cm³/mol. The molecule has 1 aromatic carbocycles. The molecule has 0 aliphatic carbocycles. The van der Waals surface area contributed by atoms with E-state index in [2.05, 4.69) is 29.5 Å². The molecule has 0 bridgehead atoms. The third-order valence-corrected chi connectivity index (χ3v) is 3.61. The smallest absolute Gasteiger partial charge is 0.255 e. The van der Waals surface area contributed by atoms with Crippen molar-refractivity contribution in [3.8, 4) is 0 Å². The van der Waals surface area contributed by atoms with E-state index in [1.165, 1.54) is 0 Å². The van der Waals surface area contributed by atoms with Crippen molar-refractivity contribution in [2.24, 2.45) is 5.92 Å². The Labute approximate surface area is 146 Å². The van der Waals surface area contributed by atoms with Gasteiger partial charge in [-0.05, 0) is 42.7 Å². The van der Waals surface area contributed by atoms with Crippen LogP contribution >= 0.6 is 23.2 Å². The first kappa shape index (κ1) is 17.6. The average Bonchev–Trinajstić information content (AvgIpc) is 2.46. The Balaban J connectivity index is 2.04. The number of hydrogen-bond acceptors (Lipinski definition) is 3. The molecule has 122 valence electrons. The van der Waals surface area contributed by atoms with E-state index in [0.29, 0.717) is 33.0 Å². The Morgan fingerprint density at radius 2 is 1.87 bits per heavy atom. The van der Waals surface area contributed by atoms with Crippen molar-refractivity contribution in [1.29, 1.82) is 0 Å². The topological polar surface area (TPSA) is 54.0 Å². The molecule has 0 aliphatic rings. The molecule has 0 unspecified atom stereocenters. The number of anilines is 2. The first-order valence-electron chi connectivity index (χ1n) is 7.41. The maximum atomic E-state index is 12.3. The van der Waals surface area contributed by atoms with Gasteiger partial charge in [-0.2, -0.15) is 0 Å². The van der Waals surface area contributed by atoms with Crippen LogP contribution in [0.15, 0.2) is 36.5 Å². The fraction of sp³-hybridized carbons (Fsp3) is 0.294. The minimum atomic E-state index is -0.238. The van der Waals surface area contributed by atoms with E-state index in [1.807, 2.05) is 0 Å². The number of halogens is 2. The lowest BCUT2D eigenvalue weighted by atomic mass is 10.1. The number of rotatable bonds is 6. The van der Waals surface area contributed by atoms with Crippen LogP contribution in [0.2, 0.25) is 10.0 Å². The maximum absolute atomic E-state index is 12.3. The number of hydrogen-bond donors (Lipinski definition) is 2. The number of aromatic nitrogens is 1. The second-order valence-corrected chi connectivity index (χ2v) is 6.52. The first-order chi connectivity index (χ1) is 10.9. The van der Waals surface area contributed by atoms with Gasteiger partial charge in [0.2, 0.25) is 0 Å². The molecule has 4 nitrogen and oxygen atoms in total. The monoisotopic (exact) mass is 351 g/mol. The van der Waals surface area contributed by atoms with Crippen LogP contribution < -0.4 is 10.6 Å². The van der Waals surface area contributed by atoms with Crippen molar-refractivity contribution in [2.45, 2.75) is 20.3 Å². The number of nitrogens with zero attached hydrogens (tertiary/aromatic N) is 1. The Hall–Kier alpha value is -1.78. The van der Waals surface area contributed by atoms with Crippen LogP contribution in [0.1, 0.15) is 30.6 Å². The second kappa shape index (κ2) is 8.18. The van der Waals surface area contributed by atoms with Crippen molar-refractivity contribution >= 4 is 40.6 Å². The summed E-state index contributed by atoms with van der Waals surface area (Å²) in [4.78, 5) is 16.5. The molecular formula is C17H19Cl2N3O. The summed E-state index contributed by atoms with van der Waals surface area (Å²) in [6.07, 6.45) is 2.65. The first-order valence-corrected chi connectivity index (χ1v) is 8.17. The zero-order chi connectivity index (χ0) is 16.8. The highest BCUT2D eigenvalue weighted by atomic mass is 35.5. The largest absolute Gasteiger partial charge is 0.370 e. The molecule has 0 atom stereocenters. The summed E-state index contributed by atoms with van der Waals surface area (Å²) in [5.41, 5.74) is 1.07. The van der Waals surface area contributed by atoms with Gasteiger partial charge in [-0.25, -0.2) is 4.98 Å². The third-order valence-electron chi connectivity index (χ3n) is 3.17. The number of pyridine rings is 1. The Morgan fingerprint density at radius 3 is 2.52 bits per heavy atom. The SMILES string of the molecule is CC(C)CCNc1cc(C(=O)Nc2cc(Cl)cc(Cl)c2)ccn1. The van der Waals surface area contributed by atoms with Crippen LogP contribution in [0.25, 0.3) is 0 Å². The number of amides is 1. The molecule has 1 heterocycles. The molecule has 0 saturated carbocycles. The van der Waals surface area contributed by atoms with Gasteiger partial charge >= 0.3 is 0 Å². The fourth-order valence-corrected chi connectivity index (χ4v) is 2.51. The van der Waals surface area contributed by atoms with Crippen molar-refractivity contribution in [3.05, 3.63) is 52.1 Å². The van der Waals surface area contributed by atoms with E-state index in [0.717, 1.165) is 13.0 Å². The Morgan fingerprint density at radius 1 is 1.17 bits per heavy atom. The highest BCUT2D eigenvalue weighted by molar-refractivity contribution is 6.35. The summed E-state index contributed by atoms with van der Waals surface area (Å²) in [6, 6.07) is 8.29. The lowest BCUT2D eigenvalue weighted by Crippen LogP contribution is -2.13. The highest BCUT2D eigenvalue weighted by Crippen LogP contribution is 2.23. The third kappa shape index (κ3) is 5.73. The predicted octanol–water partition coefficient (Wildman–Crippen LogP) is 5.10. The number of carbonyl (C=O) groups is 1. The normalized spacial score (nSPS) is 10.7. The van der Waals surface area contributed by atoms with Gasteiger partial charge in [-0.1, -0.05) is 37.0 Å². The van der Waals surface area contributed by atoms with Gasteiger partial charge in [-0.15, -0.1) is 0 Å². The molecule has 23 heavy (non-hydrogen) atoms. The van der Waals surface area contributed by atoms with Crippen LogP contribution in [-0.2, 0) is 0 Å². The van der Waals surface area contributed by atoms with Crippen LogP contribution in [-0.4, -0.2) is 17.4 Å². The molecule has 6 heteroatoms. The van der Waals surface area contributed by atoms with Crippen LogP contribution in [0.4, 0.5) is 11.5 Å². The van der Waals surface area contributed by atoms with Crippen LogP contribution in [0.3, 0.4) is 0 Å². The molecule has 0 radical (unpaired) electrons. The van der Waals surface area contributed by atoms with E-state index in [1.54, 1.807) is 36.5 Å². The molecule has 0 saturated heterocycles. The molecule has 1 aromatic heterocycles. The van der Waals surface area contributed by atoms with E-state index < -0.39 is 0 Å². The Kier molecular flexibility index (Phi) is 6.25. The summed E-state index contributed by atoms with van der Waals surface area (Å²) < 4.78 is 0. The van der Waals surface area contributed by atoms with Crippen molar-refractivity contribution < 1.29 is 4.79 Å². The second-order valence-electron chi connectivity index (χ2n) is 5.65. The zero-order valence-corrected chi connectivity index (χ0v) is 14.6. The average molecular weight is 352 g/mol. The highest BCUT2D eigenvalue weighted by Gasteiger charge is 2.08. The summed E-state index contributed by atoms with van der Waals surface area (Å²) in [7, 11) is 0. The van der Waals surface area contributed by atoms with Gasteiger partial charge < -0.3 is 10.6 Å². The molecule has 2 N–H and O–H groups in total. The molecule has 2 rings (SSSR count). The minimum absolute atomic E-state index is 0.238. The van der Waals surface area contributed by atoms with E-state index in [-0.39, 0.29) is 5.91 Å². The lowest BCUT2D eigenvalue weighted by molar-refractivity contribution is 0.102. The van der Waals surface area contributed by atoms with Crippen LogP contribution in [0.5, 0.6) is 0 Å². The molecule has 0 aliphatic heterocycles. The lowest BCUT2D eigenvalue weighted by Gasteiger charge is -2.10. The summed E-state index contributed by atoms with van der Waals surface area (Å²) >= 11 is 11.9. The summed E-state index contributed by atoms with van der Waals surface area (Å²) in [6.45, 7) is 5.14. The van der Waals surface area contributed by atoms with Crippen molar-refractivity contribution in [3.63, 3.8) is 0 Å². The quantitative estimate of drug-likeness (QED) is 0.761. The fourth-order valence-electron chi connectivity index (χ4n) is 1.99. The number of carbonyl (C=O) groups excluding carboxylic acids is 1. The van der Waals surface area contributed by atoms with E-state index in [4.69, 9.17) is 23.2 Å². The maximum Gasteiger partial charge on any atom is 0.255 e. The summed E-state index contributed by atoms with van der Waals surface area (Å²) in [5.74, 6) is 1.06. The van der Waals surface area contributed by atoms with Gasteiger partial charge in [0.1, 0.15) is 5.82 Å². The molecule has 0 fully saturated rings. The molecule has 1 amide bonds. The zero-order valence-electron chi connectivity index (χ0n) is 13.1. The van der Waals surface area contributed by atoms with Gasteiger partial charge in [0, 0.05) is 34.0 Å². The minimum Gasteiger partial charge on any atom is -0.370 e. The number of benzene rings is 1. The van der Waals surface area contributed by atoms with E-state index >= 15 is 0 Å². The molecule has 2 aromatic rings. The number of nitrogens with one attached hydrogen (secondary N) is 2. The van der Waals surface area contributed by atoms with E-state index in [9.17, 15) is 4.79 Å². The van der Waals surface area contributed by atoms with Gasteiger partial charge in [0.25, 0.3) is 5.91 Å². The van der Waals surface area contributed by atoms with Gasteiger partial charge in [0.05, 0.1) is 0 Å². The molecule has 0 spiro atoms. The van der Waals surface area contributed by atoms with Gasteiger partial charge in [-0.3, -0.25) is 4.79 Å².